The number of halogens is 3. The number of carbonyl (C=O) groups excluding carboxylic acids is 2. The molecule has 0 heterocycles. The maximum Gasteiger partial charge on any atom is 0.329 e. The Balaban J connectivity index is 1.61. The van der Waals surface area contributed by atoms with E-state index < -0.39 is 11.8 Å². The summed E-state index contributed by atoms with van der Waals surface area (Å²) in [6.45, 7) is 2.39. The zero-order valence-electron chi connectivity index (χ0n) is 18.2. The fourth-order valence-electron chi connectivity index (χ4n) is 2.77. The minimum absolute atomic E-state index is 0.253. The second kappa shape index (κ2) is 11.9. The number of methoxy groups -OCH3 is 1. The third-order valence-corrected chi connectivity index (χ3v) is 5.85. The van der Waals surface area contributed by atoms with Gasteiger partial charge in [0.1, 0.15) is 6.61 Å². The molecule has 10 heteroatoms. The van der Waals surface area contributed by atoms with E-state index in [0.29, 0.717) is 38.9 Å². The number of hydrogen-bond donors (Lipinski definition) is 2. The number of hydrogen-bond acceptors (Lipinski definition) is 5. The van der Waals surface area contributed by atoms with Gasteiger partial charge in [0.2, 0.25) is 0 Å². The third-order valence-electron chi connectivity index (χ3n) is 4.52. The molecule has 2 amide bonds. The summed E-state index contributed by atoms with van der Waals surface area (Å²) in [7, 11) is 1.52. The fourth-order valence-corrected chi connectivity index (χ4v) is 3.64. The maximum atomic E-state index is 12.0. The van der Waals surface area contributed by atoms with E-state index in [2.05, 4.69) is 31.8 Å². The zero-order chi connectivity index (χ0) is 24.7. The molecular formula is C24H20BrCl2N3O4. The van der Waals surface area contributed by atoms with Crippen LogP contribution in [-0.2, 0) is 16.2 Å². The largest absolute Gasteiger partial charge is 0.493 e. The lowest BCUT2D eigenvalue weighted by Crippen LogP contribution is -2.32. The number of hydrazone groups is 1. The van der Waals surface area contributed by atoms with E-state index in [1.54, 1.807) is 12.1 Å². The van der Waals surface area contributed by atoms with Crippen molar-refractivity contribution in [1.29, 1.82) is 0 Å². The van der Waals surface area contributed by atoms with Crippen molar-refractivity contribution in [2.75, 3.05) is 12.4 Å². The molecule has 2 N–H and O–H groups in total. The highest BCUT2D eigenvalue weighted by Gasteiger charge is 2.14. The lowest BCUT2D eigenvalue weighted by atomic mass is 10.2. The molecular weight excluding hydrogens is 545 g/mol. The Kier molecular flexibility index (Phi) is 8.92. The van der Waals surface area contributed by atoms with Gasteiger partial charge in [0.05, 0.1) is 27.8 Å². The van der Waals surface area contributed by atoms with Gasteiger partial charge < -0.3 is 14.8 Å². The average molecular weight is 565 g/mol. The Bertz CT molecular complexity index is 1230. The lowest BCUT2D eigenvalue weighted by molar-refractivity contribution is -0.136. The fraction of sp³-hybridized carbons (Fsp3) is 0.125. The van der Waals surface area contributed by atoms with Gasteiger partial charge in [-0.25, -0.2) is 5.43 Å². The molecule has 176 valence electrons. The van der Waals surface area contributed by atoms with Gasteiger partial charge in [-0.3, -0.25) is 9.59 Å². The number of amides is 2. The molecule has 0 aliphatic rings. The molecule has 0 spiro atoms. The van der Waals surface area contributed by atoms with Crippen LogP contribution in [0.4, 0.5) is 5.69 Å². The number of aryl methyl sites for hydroxylation is 1. The van der Waals surface area contributed by atoms with E-state index in [1.165, 1.54) is 37.1 Å². The van der Waals surface area contributed by atoms with Crippen LogP contribution in [0.25, 0.3) is 0 Å². The van der Waals surface area contributed by atoms with Crippen molar-refractivity contribution in [3.05, 3.63) is 85.8 Å². The molecule has 7 nitrogen and oxygen atoms in total. The van der Waals surface area contributed by atoms with Gasteiger partial charge in [-0.05, 0) is 64.3 Å². The van der Waals surface area contributed by atoms with Gasteiger partial charge in [-0.2, -0.15) is 5.10 Å². The SMILES string of the molecule is COc1cc(C=NNC(=O)C(=O)Nc2ccc(Cl)c(Cl)c2)cc(Br)c1OCc1ccc(C)cc1. The van der Waals surface area contributed by atoms with E-state index in [0.717, 1.165) is 5.56 Å². The summed E-state index contributed by atoms with van der Waals surface area (Å²) in [5.74, 6) is -0.850. The Labute approximate surface area is 215 Å². The average Bonchev–Trinajstić information content (AvgIpc) is 2.81. The third kappa shape index (κ3) is 6.96. The number of ether oxygens (including phenoxy) is 2. The summed E-state index contributed by atoms with van der Waals surface area (Å²) in [5.41, 5.74) is 5.30. The predicted molar refractivity (Wildman–Crippen MR) is 137 cm³/mol. The van der Waals surface area contributed by atoms with E-state index in [1.807, 2.05) is 31.2 Å². The highest BCUT2D eigenvalue weighted by molar-refractivity contribution is 9.10. The predicted octanol–water partition coefficient (Wildman–Crippen LogP) is 5.74. The first-order valence-corrected chi connectivity index (χ1v) is 11.5. The molecule has 0 aliphatic heterocycles. The second-order valence-electron chi connectivity index (χ2n) is 7.09. The van der Waals surface area contributed by atoms with E-state index >= 15 is 0 Å². The van der Waals surface area contributed by atoms with Gasteiger partial charge in [0.15, 0.2) is 11.5 Å². The van der Waals surface area contributed by atoms with Crippen molar-refractivity contribution in [3.8, 4) is 11.5 Å². The Morgan fingerprint density at radius 3 is 2.44 bits per heavy atom. The Morgan fingerprint density at radius 2 is 1.76 bits per heavy atom. The minimum Gasteiger partial charge on any atom is -0.493 e. The smallest absolute Gasteiger partial charge is 0.329 e. The molecule has 0 saturated heterocycles. The Hall–Kier alpha value is -3.07. The van der Waals surface area contributed by atoms with Crippen LogP contribution in [0.1, 0.15) is 16.7 Å². The van der Waals surface area contributed by atoms with E-state index in [9.17, 15) is 9.59 Å². The van der Waals surface area contributed by atoms with Gasteiger partial charge in [0.25, 0.3) is 0 Å². The van der Waals surface area contributed by atoms with E-state index in [-0.39, 0.29) is 5.02 Å². The molecule has 0 unspecified atom stereocenters. The molecule has 0 fully saturated rings. The normalized spacial score (nSPS) is 10.7. The number of carbonyl (C=O) groups is 2. The monoisotopic (exact) mass is 563 g/mol. The van der Waals surface area contributed by atoms with Crippen molar-refractivity contribution >= 4 is 62.8 Å². The molecule has 34 heavy (non-hydrogen) atoms. The molecule has 0 aliphatic carbocycles. The molecule has 0 saturated carbocycles. The summed E-state index contributed by atoms with van der Waals surface area (Å²) >= 11 is 15.2. The van der Waals surface area contributed by atoms with Crippen LogP contribution in [0.15, 0.2) is 64.2 Å². The van der Waals surface area contributed by atoms with Crippen molar-refractivity contribution in [1.82, 2.24) is 5.43 Å². The highest BCUT2D eigenvalue weighted by atomic mass is 79.9. The first-order chi connectivity index (χ1) is 16.3. The Morgan fingerprint density at radius 1 is 1.03 bits per heavy atom. The second-order valence-corrected chi connectivity index (χ2v) is 8.76. The summed E-state index contributed by atoms with van der Waals surface area (Å²) < 4.78 is 12.0. The first kappa shape index (κ1) is 25.6. The standard InChI is InChI=1S/C24H20BrCl2N3O4/c1-14-3-5-15(6-4-14)13-34-22-18(25)9-16(10-21(22)33-2)12-28-30-24(32)23(31)29-17-7-8-19(26)20(27)11-17/h3-12H,13H2,1-2H3,(H,29,31)(H,30,32). The topological polar surface area (TPSA) is 89.0 Å². The minimum atomic E-state index is -0.952. The number of nitrogens with zero attached hydrogens (tertiary/aromatic N) is 1. The summed E-state index contributed by atoms with van der Waals surface area (Å²) in [6.07, 6.45) is 1.38. The maximum absolute atomic E-state index is 12.0. The molecule has 3 rings (SSSR count). The molecule has 0 aromatic heterocycles. The van der Waals surface area contributed by atoms with Gasteiger partial charge in [-0.15, -0.1) is 0 Å². The first-order valence-electron chi connectivity index (χ1n) is 9.92. The van der Waals surface area contributed by atoms with Crippen LogP contribution in [0, 0.1) is 6.92 Å². The highest BCUT2D eigenvalue weighted by Crippen LogP contribution is 2.37. The number of nitrogens with one attached hydrogen (secondary N) is 2. The summed E-state index contributed by atoms with van der Waals surface area (Å²) in [4.78, 5) is 24.1. The number of benzene rings is 3. The summed E-state index contributed by atoms with van der Waals surface area (Å²) in [6, 6.07) is 15.9. The molecule has 0 atom stereocenters. The number of rotatable bonds is 7. The van der Waals surface area contributed by atoms with Gasteiger partial charge in [-0.1, -0.05) is 53.0 Å². The molecule has 0 radical (unpaired) electrons. The summed E-state index contributed by atoms with van der Waals surface area (Å²) in [5, 5.41) is 6.83. The van der Waals surface area contributed by atoms with Crippen LogP contribution in [0.5, 0.6) is 11.5 Å². The van der Waals surface area contributed by atoms with Gasteiger partial charge in [0, 0.05) is 5.69 Å². The zero-order valence-corrected chi connectivity index (χ0v) is 21.3. The van der Waals surface area contributed by atoms with Crippen LogP contribution in [0.2, 0.25) is 10.0 Å². The van der Waals surface area contributed by atoms with Crippen LogP contribution in [0.3, 0.4) is 0 Å². The van der Waals surface area contributed by atoms with Crippen LogP contribution >= 0.6 is 39.1 Å². The van der Waals surface area contributed by atoms with Crippen molar-refractivity contribution in [3.63, 3.8) is 0 Å². The molecule has 0 bridgehead atoms. The molecule has 3 aromatic carbocycles. The van der Waals surface area contributed by atoms with Crippen LogP contribution in [-0.4, -0.2) is 25.1 Å². The lowest BCUT2D eigenvalue weighted by Gasteiger charge is -2.13. The quantitative estimate of drug-likeness (QED) is 0.217. The van der Waals surface area contributed by atoms with Gasteiger partial charge >= 0.3 is 11.8 Å². The van der Waals surface area contributed by atoms with Crippen LogP contribution < -0.4 is 20.2 Å². The molecule has 3 aromatic rings. The van der Waals surface area contributed by atoms with Crippen molar-refractivity contribution in [2.24, 2.45) is 5.10 Å². The van der Waals surface area contributed by atoms with Crippen molar-refractivity contribution < 1.29 is 19.1 Å². The number of anilines is 1. The van der Waals surface area contributed by atoms with E-state index in [4.69, 9.17) is 32.7 Å². The van der Waals surface area contributed by atoms with Crippen molar-refractivity contribution in [2.45, 2.75) is 13.5 Å².